The molecule has 2 aromatic heterocycles. The zero-order chi connectivity index (χ0) is 15.5. The average Bonchev–Trinajstić information content (AvgIpc) is 3.10. The topological polar surface area (TPSA) is 80.3 Å². The van der Waals surface area contributed by atoms with Crippen LogP contribution in [0.4, 0.5) is 0 Å². The lowest BCUT2D eigenvalue weighted by Gasteiger charge is -2.23. The summed E-state index contributed by atoms with van der Waals surface area (Å²) in [6.07, 6.45) is 3.45. The molecule has 0 amide bonds. The maximum Gasteiger partial charge on any atom is 0.333 e. The van der Waals surface area contributed by atoms with Gasteiger partial charge in [0.05, 0.1) is 26.1 Å². The summed E-state index contributed by atoms with van der Waals surface area (Å²) < 4.78 is 15.6. The van der Waals surface area contributed by atoms with E-state index in [4.69, 9.17) is 9.47 Å². The third kappa shape index (κ3) is 1.94. The van der Waals surface area contributed by atoms with Crippen molar-refractivity contribution in [2.45, 2.75) is 38.1 Å². The number of ether oxygens (including phenoxy) is 2. The SMILES string of the molecule is Cn1cnc2c1c(=O)n(CC1(C)OCCO1)c(=O)n2C1CC1. The van der Waals surface area contributed by atoms with Crippen molar-refractivity contribution in [2.24, 2.45) is 7.05 Å². The highest BCUT2D eigenvalue weighted by Gasteiger charge is 2.35. The van der Waals surface area contributed by atoms with Gasteiger partial charge in [0, 0.05) is 13.1 Å². The minimum Gasteiger partial charge on any atom is -0.346 e. The van der Waals surface area contributed by atoms with Crippen molar-refractivity contribution in [2.75, 3.05) is 13.2 Å². The van der Waals surface area contributed by atoms with Crippen LogP contribution in [0, 0.1) is 0 Å². The first kappa shape index (κ1) is 13.7. The molecule has 0 radical (unpaired) electrons. The fourth-order valence-electron chi connectivity index (χ4n) is 3.01. The fraction of sp³-hybridized carbons (Fsp3) is 0.643. The van der Waals surface area contributed by atoms with Gasteiger partial charge in [0.1, 0.15) is 0 Å². The Kier molecular flexibility index (Phi) is 2.82. The Morgan fingerprint density at radius 2 is 2.00 bits per heavy atom. The Bertz CT molecular complexity index is 852. The fourth-order valence-corrected chi connectivity index (χ4v) is 3.01. The minimum atomic E-state index is -0.934. The molecule has 1 saturated heterocycles. The summed E-state index contributed by atoms with van der Waals surface area (Å²) in [5.74, 6) is -0.934. The molecule has 1 aliphatic carbocycles. The van der Waals surface area contributed by atoms with E-state index in [1.807, 2.05) is 0 Å². The van der Waals surface area contributed by atoms with E-state index in [-0.39, 0.29) is 23.8 Å². The molecule has 8 heteroatoms. The van der Waals surface area contributed by atoms with E-state index in [1.165, 1.54) is 4.57 Å². The molecule has 0 spiro atoms. The predicted octanol–water partition coefficient (Wildman–Crippen LogP) is -0.00540. The van der Waals surface area contributed by atoms with Gasteiger partial charge in [0.25, 0.3) is 5.56 Å². The van der Waals surface area contributed by atoms with E-state index in [9.17, 15) is 9.59 Å². The van der Waals surface area contributed by atoms with Crippen LogP contribution < -0.4 is 11.2 Å². The van der Waals surface area contributed by atoms with Gasteiger partial charge < -0.3 is 14.0 Å². The lowest BCUT2D eigenvalue weighted by molar-refractivity contribution is -0.153. The normalized spacial score (nSPS) is 20.8. The lowest BCUT2D eigenvalue weighted by Crippen LogP contribution is -2.46. The van der Waals surface area contributed by atoms with Crippen LogP contribution in [0.3, 0.4) is 0 Å². The molecule has 1 saturated carbocycles. The van der Waals surface area contributed by atoms with E-state index >= 15 is 0 Å². The predicted molar refractivity (Wildman–Crippen MR) is 77.8 cm³/mol. The van der Waals surface area contributed by atoms with Gasteiger partial charge in [-0.1, -0.05) is 0 Å². The number of aromatic nitrogens is 4. The number of hydrogen-bond donors (Lipinski definition) is 0. The summed E-state index contributed by atoms with van der Waals surface area (Å²) in [4.78, 5) is 29.8. The van der Waals surface area contributed by atoms with Crippen LogP contribution in [0.5, 0.6) is 0 Å². The van der Waals surface area contributed by atoms with Crippen molar-refractivity contribution in [1.29, 1.82) is 0 Å². The highest BCUT2D eigenvalue weighted by Crippen LogP contribution is 2.34. The van der Waals surface area contributed by atoms with Crippen molar-refractivity contribution in [3.05, 3.63) is 27.2 Å². The molecular weight excluding hydrogens is 288 g/mol. The molecule has 0 atom stereocenters. The van der Waals surface area contributed by atoms with Crippen molar-refractivity contribution in [1.82, 2.24) is 18.7 Å². The highest BCUT2D eigenvalue weighted by molar-refractivity contribution is 5.70. The van der Waals surface area contributed by atoms with Crippen LogP contribution in [0.1, 0.15) is 25.8 Å². The third-order valence-corrected chi connectivity index (χ3v) is 4.29. The molecule has 0 N–H and O–H groups in total. The molecule has 8 nitrogen and oxygen atoms in total. The molecule has 0 unspecified atom stereocenters. The summed E-state index contributed by atoms with van der Waals surface area (Å²) in [6, 6.07) is 0.134. The van der Waals surface area contributed by atoms with Gasteiger partial charge in [-0.05, 0) is 19.8 Å². The molecule has 3 heterocycles. The second-order valence-corrected chi connectivity index (χ2v) is 6.13. The average molecular weight is 306 g/mol. The summed E-state index contributed by atoms with van der Waals surface area (Å²) in [6.45, 7) is 2.77. The molecule has 2 fully saturated rings. The number of fused-ring (bicyclic) bond motifs is 1. The van der Waals surface area contributed by atoms with Crippen LogP contribution >= 0.6 is 0 Å². The van der Waals surface area contributed by atoms with E-state index in [1.54, 1.807) is 29.4 Å². The van der Waals surface area contributed by atoms with E-state index in [0.717, 1.165) is 12.8 Å². The molecular formula is C14H18N4O4. The Morgan fingerprint density at radius 3 is 2.64 bits per heavy atom. The van der Waals surface area contributed by atoms with Crippen molar-refractivity contribution in [3.63, 3.8) is 0 Å². The first-order valence-electron chi connectivity index (χ1n) is 7.44. The molecule has 0 aromatic carbocycles. The smallest absolute Gasteiger partial charge is 0.333 e. The zero-order valence-electron chi connectivity index (χ0n) is 12.6. The first-order chi connectivity index (χ1) is 10.5. The molecule has 0 bridgehead atoms. The summed E-state index contributed by atoms with van der Waals surface area (Å²) in [7, 11) is 1.76. The Hall–Kier alpha value is -1.93. The first-order valence-corrected chi connectivity index (χ1v) is 7.44. The number of rotatable bonds is 3. The summed E-state index contributed by atoms with van der Waals surface area (Å²) in [5, 5.41) is 0. The minimum absolute atomic E-state index is 0.0819. The van der Waals surface area contributed by atoms with Crippen LogP contribution in [0.15, 0.2) is 15.9 Å². The van der Waals surface area contributed by atoms with Gasteiger partial charge >= 0.3 is 5.69 Å². The Morgan fingerprint density at radius 1 is 1.32 bits per heavy atom. The maximum atomic E-state index is 12.8. The van der Waals surface area contributed by atoms with Gasteiger partial charge in [0.2, 0.25) is 0 Å². The van der Waals surface area contributed by atoms with Crippen molar-refractivity contribution in [3.8, 4) is 0 Å². The van der Waals surface area contributed by atoms with Crippen molar-refractivity contribution >= 4 is 11.2 Å². The van der Waals surface area contributed by atoms with Gasteiger partial charge in [-0.15, -0.1) is 0 Å². The molecule has 2 aliphatic rings. The van der Waals surface area contributed by atoms with Gasteiger partial charge in [-0.2, -0.15) is 0 Å². The molecule has 4 rings (SSSR count). The van der Waals surface area contributed by atoms with Crippen LogP contribution in [-0.4, -0.2) is 37.7 Å². The highest BCUT2D eigenvalue weighted by atomic mass is 16.7. The molecule has 22 heavy (non-hydrogen) atoms. The van der Waals surface area contributed by atoms with E-state index in [2.05, 4.69) is 4.98 Å². The van der Waals surface area contributed by atoms with E-state index in [0.29, 0.717) is 24.4 Å². The molecule has 2 aromatic rings. The molecule has 118 valence electrons. The van der Waals surface area contributed by atoms with Gasteiger partial charge in [-0.3, -0.25) is 13.9 Å². The number of nitrogens with zero attached hydrogens (tertiary/aromatic N) is 4. The number of hydrogen-bond acceptors (Lipinski definition) is 5. The van der Waals surface area contributed by atoms with Crippen LogP contribution in [0.25, 0.3) is 11.2 Å². The zero-order valence-corrected chi connectivity index (χ0v) is 12.6. The maximum absolute atomic E-state index is 12.8. The quantitative estimate of drug-likeness (QED) is 0.797. The van der Waals surface area contributed by atoms with Crippen molar-refractivity contribution < 1.29 is 9.47 Å². The second-order valence-electron chi connectivity index (χ2n) is 6.13. The lowest BCUT2D eigenvalue weighted by atomic mass is 10.3. The second kappa shape index (κ2) is 4.53. The van der Waals surface area contributed by atoms with Crippen LogP contribution in [0.2, 0.25) is 0 Å². The van der Waals surface area contributed by atoms with E-state index < -0.39 is 5.79 Å². The Balaban J connectivity index is 1.95. The molecule has 1 aliphatic heterocycles. The van der Waals surface area contributed by atoms with Gasteiger partial charge in [-0.25, -0.2) is 9.78 Å². The number of imidazole rings is 1. The summed E-state index contributed by atoms with van der Waals surface area (Å²) in [5.41, 5.74) is 0.221. The largest absolute Gasteiger partial charge is 0.346 e. The van der Waals surface area contributed by atoms with Gasteiger partial charge in [0.15, 0.2) is 17.0 Å². The van der Waals surface area contributed by atoms with Crippen LogP contribution in [-0.2, 0) is 23.1 Å². The number of aryl methyl sites for hydroxylation is 1. The third-order valence-electron chi connectivity index (χ3n) is 4.29. The Labute approximate surface area is 125 Å². The summed E-state index contributed by atoms with van der Waals surface area (Å²) >= 11 is 0. The standard InChI is InChI=1S/C14H18N4O4/c1-14(21-5-6-22-14)7-17-12(19)10-11(15-8-16(10)2)18(13(17)20)9-3-4-9/h8-9H,3-7H2,1-2H3. The monoisotopic (exact) mass is 306 g/mol.